The highest BCUT2D eigenvalue weighted by molar-refractivity contribution is 7.98. The van der Waals surface area contributed by atoms with E-state index >= 15 is 0 Å². The first kappa shape index (κ1) is 19.1. The zero-order valence-electron chi connectivity index (χ0n) is 14.8. The van der Waals surface area contributed by atoms with E-state index in [0.717, 1.165) is 40.6 Å². The smallest absolute Gasteiger partial charge is 0.256 e. The lowest BCUT2D eigenvalue weighted by Gasteiger charge is -2.14. The molecule has 2 heterocycles. The van der Waals surface area contributed by atoms with Crippen LogP contribution in [0.2, 0.25) is 0 Å². The van der Waals surface area contributed by atoms with Gasteiger partial charge in [-0.05, 0) is 36.6 Å². The van der Waals surface area contributed by atoms with E-state index in [1.165, 1.54) is 18.2 Å². The van der Waals surface area contributed by atoms with Crippen LogP contribution in [-0.4, -0.2) is 20.8 Å². The molecule has 0 saturated heterocycles. The molecule has 4 rings (SSSR count). The van der Waals surface area contributed by atoms with E-state index < -0.39 is 34.5 Å². The van der Waals surface area contributed by atoms with Crippen molar-refractivity contribution in [3.05, 3.63) is 82.2 Å². The van der Waals surface area contributed by atoms with Crippen LogP contribution in [0.25, 0.3) is 28.0 Å². The van der Waals surface area contributed by atoms with Gasteiger partial charge in [0, 0.05) is 23.1 Å². The zero-order valence-corrected chi connectivity index (χ0v) is 15.6. The molecule has 29 heavy (non-hydrogen) atoms. The Hall–Kier alpha value is -3.20. The fraction of sp³-hybridized carbons (Fsp3) is 0.0500. The van der Waals surface area contributed by atoms with Crippen LogP contribution < -0.4 is 5.56 Å². The summed E-state index contributed by atoms with van der Waals surface area (Å²) in [5.41, 5.74) is -1.38. The van der Waals surface area contributed by atoms with Crippen molar-refractivity contribution in [2.45, 2.75) is 5.16 Å². The van der Waals surface area contributed by atoms with Gasteiger partial charge in [0.05, 0.1) is 5.69 Å². The van der Waals surface area contributed by atoms with Gasteiger partial charge in [0.25, 0.3) is 5.56 Å². The second kappa shape index (κ2) is 7.32. The SMILES string of the molecule is CSc1nc(-c2ccc(F)cc2F)c2ccc(=O)n(-c3c(F)cccc3F)c2n1. The van der Waals surface area contributed by atoms with Crippen molar-refractivity contribution >= 4 is 22.8 Å². The number of halogens is 4. The highest BCUT2D eigenvalue weighted by Gasteiger charge is 2.20. The molecule has 4 aromatic rings. The van der Waals surface area contributed by atoms with Crippen molar-refractivity contribution in [3.63, 3.8) is 0 Å². The Kier molecular flexibility index (Phi) is 4.83. The Morgan fingerprint density at radius 1 is 0.897 bits per heavy atom. The summed E-state index contributed by atoms with van der Waals surface area (Å²) >= 11 is 1.10. The van der Waals surface area contributed by atoms with Gasteiger partial charge in [-0.25, -0.2) is 27.5 Å². The zero-order chi connectivity index (χ0) is 20.7. The second-order valence-corrected chi connectivity index (χ2v) is 6.77. The van der Waals surface area contributed by atoms with Crippen molar-refractivity contribution in [2.75, 3.05) is 6.26 Å². The van der Waals surface area contributed by atoms with Crippen molar-refractivity contribution in [1.29, 1.82) is 0 Å². The van der Waals surface area contributed by atoms with Gasteiger partial charge in [-0.1, -0.05) is 17.8 Å². The topological polar surface area (TPSA) is 47.8 Å². The van der Waals surface area contributed by atoms with E-state index in [9.17, 15) is 22.4 Å². The van der Waals surface area contributed by atoms with Gasteiger partial charge >= 0.3 is 0 Å². The van der Waals surface area contributed by atoms with Crippen LogP contribution in [0, 0.1) is 23.3 Å². The third-order valence-electron chi connectivity index (χ3n) is 4.26. The molecule has 146 valence electrons. The Morgan fingerprint density at radius 3 is 2.28 bits per heavy atom. The van der Waals surface area contributed by atoms with Crippen molar-refractivity contribution in [3.8, 4) is 16.9 Å². The standard InChI is InChI=1S/C20H11F4N3OS/c1-29-20-25-17(11-6-5-10(21)9-15(11)24)12-7-8-16(28)27(19(12)26-20)18-13(22)3-2-4-14(18)23/h2-9H,1H3. The van der Waals surface area contributed by atoms with Crippen LogP contribution in [0.4, 0.5) is 17.6 Å². The normalized spacial score (nSPS) is 11.2. The molecule has 0 bridgehead atoms. The minimum atomic E-state index is -0.960. The molecule has 0 aliphatic carbocycles. The molecule has 2 aromatic carbocycles. The third kappa shape index (κ3) is 3.27. The molecular weight excluding hydrogens is 406 g/mol. The highest BCUT2D eigenvalue weighted by atomic mass is 32.2. The predicted octanol–water partition coefficient (Wildman–Crippen LogP) is 4.73. The van der Waals surface area contributed by atoms with Gasteiger partial charge in [0.2, 0.25) is 0 Å². The van der Waals surface area contributed by atoms with Crippen LogP contribution in [0.3, 0.4) is 0 Å². The molecule has 0 amide bonds. The van der Waals surface area contributed by atoms with E-state index in [-0.39, 0.29) is 27.4 Å². The summed E-state index contributed by atoms with van der Waals surface area (Å²) < 4.78 is 57.4. The summed E-state index contributed by atoms with van der Waals surface area (Å²) in [5, 5.41) is 0.322. The number of nitrogens with zero attached hydrogens (tertiary/aromatic N) is 3. The van der Waals surface area contributed by atoms with E-state index in [2.05, 4.69) is 9.97 Å². The first-order valence-corrected chi connectivity index (χ1v) is 9.51. The van der Waals surface area contributed by atoms with Crippen LogP contribution in [-0.2, 0) is 0 Å². The summed E-state index contributed by atoms with van der Waals surface area (Å²) in [5.74, 6) is -3.55. The van der Waals surface area contributed by atoms with Crippen LogP contribution in [0.15, 0.2) is 58.5 Å². The third-order valence-corrected chi connectivity index (χ3v) is 4.81. The summed E-state index contributed by atoms with van der Waals surface area (Å²) in [7, 11) is 0. The monoisotopic (exact) mass is 417 g/mol. The highest BCUT2D eigenvalue weighted by Crippen LogP contribution is 2.31. The lowest BCUT2D eigenvalue weighted by atomic mass is 10.1. The first-order valence-electron chi connectivity index (χ1n) is 8.28. The number of hydrogen-bond acceptors (Lipinski definition) is 4. The Morgan fingerprint density at radius 2 is 1.62 bits per heavy atom. The molecule has 0 saturated carbocycles. The summed E-state index contributed by atoms with van der Waals surface area (Å²) in [6.07, 6.45) is 1.65. The number of thioether (sulfide) groups is 1. The number of aromatic nitrogens is 3. The van der Waals surface area contributed by atoms with Crippen LogP contribution >= 0.6 is 11.8 Å². The molecule has 4 nitrogen and oxygen atoms in total. The number of rotatable bonds is 3. The van der Waals surface area contributed by atoms with Gasteiger partial charge in [0.1, 0.15) is 29.0 Å². The average molecular weight is 417 g/mol. The van der Waals surface area contributed by atoms with Gasteiger partial charge in [-0.3, -0.25) is 9.36 Å². The van der Waals surface area contributed by atoms with Gasteiger partial charge in [-0.2, -0.15) is 0 Å². The Balaban J connectivity index is 2.16. The minimum Gasteiger partial charge on any atom is -0.269 e. The molecule has 0 aliphatic heterocycles. The largest absolute Gasteiger partial charge is 0.269 e. The summed E-state index contributed by atoms with van der Waals surface area (Å²) in [4.78, 5) is 21.0. The summed E-state index contributed by atoms with van der Waals surface area (Å²) in [6, 6.07) is 8.60. The molecule has 0 radical (unpaired) electrons. The van der Waals surface area contributed by atoms with E-state index in [4.69, 9.17) is 0 Å². The molecule has 9 heteroatoms. The lowest BCUT2D eigenvalue weighted by Crippen LogP contribution is -2.21. The predicted molar refractivity (Wildman–Crippen MR) is 102 cm³/mol. The van der Waals surface area contributed by atoms with E-state index in [0.29, 0.717) is 6.07 Å². The average Bonchev–Trinajstić information content (AvgIpc) is 2.68. The second-order valence-electron chi connectivity index (χ2n) is 6.00. The van der Waals surface area contributed by atoms with Crippen LogP contribution in [0.1, 0.15) is 0 Å². The van der Waals surface area contributed by atoms with Gasteiger partial charge in [-0.15, -0.1) is 0 Å². The maximum Gasteiger partial charge on any atom is 0.256 e. The number of benzene rings is 2. The number of para-hydroxylation sites is 1. The lowest BCUT2D eigenvalue weighted by molar-refractivity contribution is 0.568. The quantitative estimate of drug-likeness (QED) is 0.275. The fourth-order valence-electron chi connectivity index (χ4n) is 2.99. The summed E-state index contributed by atoms with van der Waals surface area (Å²) in [6.45, 7) is 0. The maximum atomic E-state index is 14.4. The van der Waals surface area contributed by atoms with E-state index in [1.807, 2.05) is 0 Å². The molecule has 0 unspecified atom stereocenters. The molecule has 0 N–H and O–H groups in total. The van der Waals surface area contributed by atoms with Crippen molar-refractivity contribution < 1.29 is 17.6 Å². The Bertz CT molecular complexity index is 1300. The van der Waals surface area contributed by atoms with Crippen molar-refractivity contribution in [2.24, 2.45) is 0 Å². The van der Waals surface area contributed by atoms with Gasteiger partial charge < -0.3 is 0 Å². The minimum absolute atomic E-state index is 0.0340. The maximum absolute atomic E-state index is 14.4. The molecule has 0 spiro atoms. The van der Waals surface area contributed by atoms with Crippen LogP contribution in [0.5, 0.6) is 0 Å². The fourth-order valence-corrected chi connectivity index (χ4v) is 3.35. The van der Waals surface area contributed by atoms with Crippen molar-refractivity contribution in [1.82, 2.24) is 14.5 Å². The number of fused-ring (bicyclic) bond motifs is 1. The number of hydrogen-bond donors (Lipinski definition) is 0. The molecule has 2 aromatic heterocycles. The molecule has 0 fully saturated rings. The number of pyridine rings is 1. The van der Waals surface area contributed by atoms with Gasteiger partial charge in [0.15, 0.2) is 10.8 Å². The first-order chi connectivity index (χ1) is 13.9. The molecule has 0 aliphatic rings. The Labute approximate surface area is 165 Å². The molecule has 0 atom stereocenters. The van der Waals surface area contributed by atoms with E-state index in [1.54, 1.807) is 6.26 Å². The molecular formula is C20H11F4N3OS.